The van der Waals surface area contributed by atoms with Crippen LogP contribution in [0.25, 0.3) is 11.0 Å². The minimum Gasteiger partial charge on any atom is -0.459 e. The van der Waals surface area contributed by atoms with Gasteiger partial charge in [-0.05, 0) is 26.0 Å². The quantitative estimate of drug-likeness (QED) is 0.517. The molecule has 0 aliphatic carbocycles. The number of anilines is 1. The highest BCUT2D eigenvalue weighted by Gasteiger charge is 2.10. The molecule has 0 atom stereocenters. The molecule has 0 spiro atoms. The summed E-state index contributed by atoms with van der Waals surface area (Å²) >= 11 is 0. The summed E-state index contributed by atoms with van der Waals surface area (Å²) in [4.78, 5) is 11.1. The van der Waals surface area contributed by atoms with Crippen molar-refractivity contribution in [3.8, 4) is 0 Å². The molecule has 0 bridgehead atoms. The lowest BCUT2D eigenvalue weighted by Gasteiger charge is -2.15. The first kappa shape index (κ1) is 18.8. The van der Waals surface area contributed by atoms with Crippen LogP contribution in [0.4, 0.5) is 5.82 Å². The van der Waals surface area contributed by atoms with Gasteiger partial charge in [-0.1, -0.05) is 24.3 Å². The molecule has 1 aromatic carbocycles. The monoisotopic (exact) mass is 365 g/mol. The standard InChI is InChI=1S/C21H27N5O/c1-5-22-21(24-13-16-9-8-12-23-20(16)26(3)4)25-14-19-15(2)17-10-6-7-11-18(17)27-19/h6-12H,5,13-14H2,1-4H3,(H2,22,24,25). The number of benzene rings is 1. The second-order valence-corrected chi connectivity index (χ2v) is 6.58. The number of nitrogens with zero attached hydrogens (tertiary/aromatic N) is 3. The van der Waals surface area contributed by atoms with Crippen LogP contribution in [0.1, 0.15) is 23.8 Å². The van der Waals surface area contributed by atoms with Gasteiger partial charge in [0.05, 0.1) is 13.1 Å². The fourth-order valence-electron chi connectivity index (χ4n) is 3.02. The zero-order valence-electron chi connectivity index (χ0n) is 16.4. The van der Waals surface area contributed by atoms with Crippen molar-refractivity contribution in [2.24, 2.45) is 4.99 Å². The zero-order chi connectivity index (χ0) is 19.2. The number of hydrogen-bond donors (Lipinski definition) is 2. The van der Waals surface area contributed by atoms with Gasteiger partial charge in [-0.15, -0.1) is 0 Å². The maximum absolute atomic E-state index is 5.98. The number of furan rings is 1. The lowest BCUT2D eigenvalue weighted by molar-refractivity contribution is 0.534. The van der Waals surface area contributed by atoms with Gasteiger partial charge >= 0.3 is 0 Å². The maximum Gasteiger partial charge on any atom is 0.191 e. The van der Waals surface area contributed by atoms with Crippen LogP contribution < -0.4 is 15.5 Å². The predicted molar refractivity (Wildman–Crippen MR) is 111 cm³/mol. The van der Waals surface area contributed by atoms with Gasteiger partial charge in [0.25, 0.3) is 0 Å². The highest BCUT2D eigenvalue weighted by molar-refractivity contribution is 5.83. The maximum atomic E-state index is 5.98. The van der Waals surface area contributed by atoms with Crippen LogP contribution in [-0.4, -0.2) is 31.6 Å². The van der Waals surface area contributed by atoms with Gasteiger partial charge in [-0.2, -0.15) is 0 Å². The first-order valence-corrected chi connectivity index (χ1v) is 9.20. The molecule has 27 heavy (non-hydrogen) atoms. The average molecular weight is 365 g/mol. The molecule has 2 heterocycles. The number of nitrogens with one attached hydrogen (secondary N) is 2. The zero-order valence-corrected chi connectivity index (χ0v) is 16.4. The van der Waals surface area contributed by atoms with Crippen molar-refractivity contribution in [3.05, 3.63) is 59.5 Å². The van der Waals surface area contributed by atoms with Crippen molar-refractivity contribution in [1.29, 1.82) is 0 Å². The van der Waals surface area contributed by atoms with Crippen LogP contribution in [0.2, 0.25) is 0 Å². The molecule has 0 unspecified atom stereocenters. The number of para-hydroxylation sites is 1. The average Bonchev–Trinajstić information content (AvgIpc) is 3.00. The lowest BCUT2D eigenvalue weighted by Crippen LogP contribution is -2.36. The summed E-state index contributed by atoms with van der Waals surface area (Å²) in [5.74, 6) is 2.62. The van der Waals surface area contributed by atoms with Gasteiger partial charge in [0, 0.05) is 43.4 Å². The Bertz CT molecular complexity index is 929. The van der Waals surface area contributed by atoms with Crippen molar-refractivity contribution in [2.75, 3.05) is 25.5 Å². The number of fused-ring (bicyclic) bond motifs is 1. The number of pyridine rings is 1. The normalized spacial score (nSPS) is 11.6. The van der Waals surface area contributed by atoms with Crippen molar-refractivity contribution in [3.63, 3.8) is 0 Å². The van der Waals surface area contributed by atoms with Crippen molar-refractivity contribution in [2.45, 2.75) is 26.9 Å². The third kappa shape index (κ3) is 4.39. The van der Waals surface area contributed by atoms with Crippen LogP contribution in [0.3, 0.4) is 0 Å². The Labute approximate surface area is 160 Å². The summed E-state index contributed by atoms with van der Waals surface area (Å²) < 4.78 is 5.98. The number of aryl methyl sites for hydroxylation is 1. The van der Waals surface area contributed by atoms with E-state index < -0.39 is 0 Å². The lowest BCUT2D eigenvalue weighted by atomic mass is 10.1. The van der Waals surface area contributed by atoms with Gasteiger partial charge in [0.15, 0.2) is 5.96 Å². The molecule has 3 rings (SSSR count). The van der Waals surface area contributed by atoms with Gasteiger partial charge in [0.2, 0.25) is 0 Å². The van der Waals surface area contributed by atoms with E-state index >= 15 is 0 Å². The summed E-state index contributed by atoms with van der Waals surface area (Å²) in [6.07, 6.45) is 1.80. The van der Waals surface area contributed by atoms with E-state index in [2.05, 4.69) is 41.6 Å². The smallest absolute Gasteiger partial charge is 0.191 e. The van der Waals surface area contributed by atoms with E-state index in [1.54, 1.807) is 6.20 Å². The molecule has 0 aliphatic heterocycles. The SMILES string of the molecule is CCNC(=NCc1cccnc1N(C)C)NCc1oc2ccccc2c1C. The van der Waals surface area contributed by atoms with E-state index in [9.17, 15) is 0 Å². The Morgan fingerprint density at radius 3 is 2.70 bits per heavy atom. The predicted octanol–water partition coefficient (Wildman–Crippen LogP) is 3.46. The molecule has 2 N–H and O–H groups in total. The Kier molecular flexibility index (Phi) is 5.96. The number of hydrogen-bond acceptors (Lipinski definition) is 4. The van der Waals surface area contributed by atoms with Crippen LogP contribution in [0, 0.1) is 6.92 Å². The Hall–Kier alpha value is -3.02. The third-order valence-corrected chi connectivity index (χ3v) is 4.40. The molecule has 142 valence electrons. The number of rotatable bonds is 6. The summed E-state index contributed by atoms with van der Waals surface area (Å²) in [6.45, 7) is 6.07. The first-order chi connectivity index (χ1) is 13.1. The molecule has 0 amide bonds. The molecule has 3 aromatic rings. The number of aliphatic imine (C=N–C) groups is 1. The fourth-order valence-corrected chi connectivity index (χ4v) is 3.02. The van der Waals surface area contributed by atoms with E-state index in [0.29, 0.717) is 13.1 Å². The Morgan fingerprint density at radius 2 is 1.96 bits per heavy atom. The Balaban J connectivity index is 1.73. The summed E-state index contributed by atoms with van der Waals surface area (Å²) in [6, 6.07) is 12.1. The fraction of sp³-hybridized carbons (Fsp3) is 0.333. The number of guanidine groups is 1. The van der Waals surface area contributed by atoms with Crippen LogP contribution in [-0.2, 0) is 13.1 Å². The minimum absolute atomic E-state index is 0.551. The Morgan fingerprint density at radius 1 is 1.15 bits per heavy atom. The van der Waals surface area contributed by atoms with Crippen molar-refractivity contribution >= 4 is 22.7 Å². The van der Waals surface area contributed by atoms with Gasteiger partial charge in [0.1, 0.15) is 17.2 Å². The highest BCUT2D eigenvalue weighted by Crippen LogP contribution is 2.24. The van der Waals surface area contributed by atoms with Crippen molar-refractivity contribution in [1.82, 2.24) is 15.6 Å². The molecule has 0 radical (unpaired) electrons. The second-order valence-electron chi connectivity index (χ2n) is 6.58. The molecule has 0 fully saturated rings. The van der Waals surface area contributed by atoms with Crippen LogP contribution in [0.5, 0.6) is 0 Å². The summed E-state index contributed by atoms with van der Waals surface area (Å²) in [5.41, 5.74) is 3.16. The van der Waals surface area contributed by atoms with Crippen LogP contribution >= 0.6 is 0 Å². The molecular formula is C21H27N5O. The van der Waals surface area contributed by atoms with Gasteiger partial charge in [-0.25, -0.2) is 9.98 Å². The van der Waals surface area contributed by atoms with E-state index in [1.807, 2.05) is 43.3 Å². The summed E-state index contributed by atoms with van der Waals surface area (Å²) in [5, 5.41) is 7.81. The molecule has 0 saturated heterocycles. The van der Waals surface area contributed by atoms with E-state index in [1.165, 1.54) is 0 Å². The van der Waals surface area contributed by atoms with Crippen LogP contribution in [0.15, 0.2) is 52.0 Å². The van der Waals surface area contributed by atoms with E-state index in [4.69, 9.17) is 9.41 Å². The summed E-state index contributed by atoms with van der Waals surface area (Å²) in [7, 11) is 3.98. The molecule has 6 nitrogen and oxygen atoms in total. The minimum atomic E-state index is 0.551. The van der Waals surface area contributed by atoms with E-state index in [-0.39, 0.29) is 0 Å². The topological polar surface area (TPSA) is 65.7 Å². The number of aromatic nitrogens is 1. The van der Waals surface area contributed by atoms with Gasteiger partial charge < -0.3 is 20.0 Å². The molecule has 6 heteroatoms. The first-order valence-electron chi connectivity index (χ1n) is 9.20. The second kappa shape index (κ2) is 8.58. The third-order valence-electron chi connectivity index (χ3n) is 4.40. The molecule has 2 aromatic heterocycles. The van der Waals surface area contributed by atoms with Gasteiger partial charge in [-0.3, -0.25) is 0 Å². The van der Waals surface area contributed by atoms with E-state index in [0.717, 1.165) is 46.2 Å². The largest absolute Gasteiger partial charge is 0.459 e. The van der Waals surface area contributed by atoms with Crippen molar-refractivity contribution < 1.29 is 4.42 Å². The molecule has 0 aliphatic rings. The highest BCUT2D eigenvalue weighted by atomic mass is 16.3. The molecular weight excluding hydrogens is 338 g/mol. The molecule has 0 saturated carbocycles.